The fourth-order valence-electron chi connectivity index (χ4n) is 2.08. The second-order valence-electron chi connectivity index (χ2n) is 4.29. The van der Waals surface area contributed by atoms with Crippen molar-refractivity contribution in [1.82, 2.24) is 14.6 Å². The van der Waals surface area contributed by atoms with Crippen LogP contribution in [0.1, 0.15) is 5.56 Å². The van der Waals surface area contributed by atoms with E-state index < -0.39 is 0 Å². The van der Waals surface area contributed by atoms with Crippen LogP contribution < -0.4 is 5.73 Å². The summed E-state index contributed by atoms with van der Waals surface area (Å²) in [5, 5.41) is 14.7. The maximum Gasteiger partial charge on any atom is 0.166 e. The van der Waals surface area contributed by atoms with E-state index in [0.29, 0.717) is 27.1 Å². The third kappa shape index (κ3) is 2.20. The Morgan fingerprint density at radius 1 is 1.33 bits per heavy atom. The highest BCUT2D eigenvalue weighted by Gasteiger charge is 2.16. The maximum atomic E-state index is 9.21. The van der Waals surface area contributed by atoms with Crippen LogP contribution in [0.2, 0.25) is 5.02 Å². The summed E-state index contributed by atoms with van der Waals surface area (Å²) in [7, 11) is 0. The number of anilines is 1. The second kappa shape index (κ2) is 5.28. The molecule has 0 spiro atoms. The van der Waals surface area contributed by atoms with E-state index in [-0.39, 0.29) is 0 Å². The average Bonchev–Trinajstić information content (AvgIpc) is 2.92. The Bertz CT molecular complexity index is 864. The van der Waals surface area contributed by atoms with Gasteiger partial charge in [0.25, 0.3) is 0 Å². The molecule has 0 aliphatic heterocycles. The predicted molar refractivity (Wildman–Crippen MR) is 84.3 cm³/mol. The summed E-state index contributed by atoms with van der Waals surface area (Å²) in [5.74, 6) is 0.298. The first-order valence-corrected chi connectivity index (χ1v) is 7.63. The molecule has 21 heavy (non-hydrogen) atoms. The van der Waals surface area contributed by atoms with Crippen LogP contribution in [0, 0.1) is 11.3 Å². The van der Waals surface area contributed by atoms with Crippen LogP contribution in [0.3, 0.4) is 0 Å². The van der Waals surface area contributed by atoms with Crippen molar-refractivity contribution >= 4 is 34.8 Å². The molecule has 7 heteroatoms. The number of nitriles is 1. The number of hydrogen-bond acceptors (Lipinski definition) is 5. The molecule has 2 aromatic heterocycles. The minimum atomic E-state index is 0.298. The Labute approximate surface area is 130 Å². The van der Waals surface area contributed by atoms with E-state index in [9.17, 15) is 5.26 Å². The average molecular weight is 316 g/mol. The van der Waals surface area contributed by atoms with Gasteiger partial charge in [-0.1, -0.05) is 23.7 Å². The lowest BCUT2D eigenvalue weighted by Gasteiger charge is -2.06. The van der Waals surface area contributed by atoms with Crippen LogP contribution in [0.4, 0.5) is 5.82 Å². The maximum absolute atomic E-state index is 9.21. The van der Waals surface area contributed by atoms with E-state index in [1.165, 1.54) is 16.3 Å². The molecule has 0 saturated carbocycles. The van der Waals surface area contributed by atoms with Crippen LogP contribution in [-0.4, -0.2) is 20.9 Å². The summed E-state index contributed by atoms with van der Waals surface area (Å²) < 4.78 is 1.49. The summed E-state index contributed by atoms with van der Waals surface area (Å²) >= 11 is 7.29. The standard InChI is InChI=1S/C14H10ClN5S/c1-21-14-10(6-16)12(17)20-13(19-14)11(7-18-20)8-2-4-9(15)5-3-8/h2-5,7H,17H2,1H3. The molecule has 0 unspecified atom stereocenters. The van der Waals surface area contributed by atoms with E-state index in [2.05, 4.69) is 16.2 Å². The number of benzene rings is 1. The molecule has 0 aliphatic rings. The molecule has 0 aliphatic carbocycles. The largest absolute Gasteiger partial charge is 0.382 e. The third-order valence-electron chi connectivity index (χ3n) is 3.11. The van der Waals surface area contributed by atoms with Crippen LogP contribution in [0.25, 0.3) is 16.8 Å². The number of halogens is 1. The zero-order valence-corrected chi connectivity index (χ0v) is 12.6. The van der Waals surface area contributed by atoms with Crippen molar-refractivity contribution < 1.29 is 0 Å². The number of nitrogen functional groups attached to an aromatic ring is 1. The van der Waals surface area contributed by atoms with Crippen LogP contribution in [0.5, 0.6) is 0 Å². The highest BCUT2D eigenvalue weighted by molar-refractivity contribution is 7.98. The number of hydrogen-bond donors (Lipinski definition) is 1. The highest BCUT2D eigenvalue weighted by atomic mass is 35.5. The summed E-state index contributed by atoms with van der Waals surface area (Å²) in [6.07, 6.45) is 3.55. The van der Waals surface area contributed by atoms with Crippen molar-refractivity contribution in [3.05, 3.63) is 41.0 Å². The Morgan fingerprint density at radius 3 is 2.67 bits per heavy atom. The lowest BCUT2D eigenvalue weighted by atomic mass is 10.1. The van der Waals surface area contributed by atoms with E-state index in [4.69, 9.17) is 17.3 Å². The summed E-state index contributed by atoms with van der Waals surface area (Å²) in [6, 6.07) is 9.49. The number of aromatic nitrogens is 3. The van der Waals surface area contributed by atoms with Crippen LogP contribution >= 0.6 is 23.4 Å². The van der Waals surface area contributed by atoms with Gasteiger partial charge in [0, 0.05) is 10.6 Å². The van der Waals surface area contributed by atoms with Crippen molar-refractivity contribution in [2.75, 3.05) is 12.0 Å². The molecular formula is C14H10ClN5S. The highest BCUT2D eigenvalue weighted by Crippen LogP contribution is 2.30. The van der Waals surface area contributed by atoms with Gasteiger partial charge < -0.3 is 5.73 Å². The van der Waals surface area contributed by atoms with E-state index in [0.717, 1.165) is 11.1 Å². The molecule has 5 nitrogen and oxygen atoms in total. The van der Waals surface area contributed by atoms with Gasteiger partial charge in [-0.15, -0.1) is 11.8 Å². The first-order chi connectivity index (χ1) is 10.2. The van der Waals surface area contributed by atoms with Crippen molar-refractivity contribution in [2.45, 2.75) is 5.03 Å². The lowest BCUT2D eigenvalue weighted by molar-refractivity contribution is 0.921. The number of nitrogens with zero attached hydrogens (tertiary/aromatic N) is 4. The molecule has 0 atom stereocenters. The Balaban J connectivity index is 2.30. The lowest BCUT2D eigenvalue weighted by Crippen LogP contribution is -2.05. The van der Waals surface area contributed by atoms with Gasteiger partial charge in [-0.2, -0.15) is 14.9 Å². The number of rotatable bonds is 2. The molecule has 3 aromatic rings. The summed E-state index contributed by atoms with van der Waals surface area (Å²) in [6.45, 7) is 0. The zero-order chi connectivity index (χ0) is 15.0. The molecule has 3 rings (SSSR count). The second-order valence-corrected chi connectivity index (χ2v) is 5.53. The Hall–Kier alpha value is -2.23. The van der Waals surface area contributed by atoms with Gasteiger partial charge in [0.2, 0.25) is 0 Å². The Morgan fingerprint density at radius 2 is 2.05 bits per heavy atom. The zero-order valence-electron chi connectivity index (χ0n) is 11.0. The van der Waals surface area contributed by atoms with Gasteiger partial charge in [0.05, 0.1) is 6.20 Å². The molecule has 104 valence electrons. The van der Waals surface area contributed by atoms with Gasteiger partial charge in [0.1, 0.15) is 22.5 Å². The first-order valence-electron chi connectivity index (χ1n) is 6.03. The fraction of sp³-hybridized carbons (Fsp3) is 0.0714. The number of fused-ring (bicyclic) bond motifs is 1. The molecule has 0 fully saturated rings. The monoisotopic (exact) mass is 315 g/mol. The van der Waals surface area contributed by atoms with Gasteiger partial charge >= 0.3 is 0 Å². The minimum absolute atomic E-state index is 0.298. The molecule has 2 heterocycles. The molecule has 0 amide bonds. The first kappa shape index (κ1) is 13.7. The van der Waals surface area contributed by atoms with Crippen molar-refractivity contribution in [2.24, 2.45) is 0 Å². The van der Waals surface area contributed by atoms with Crippen molar-refractivity contribution in [3.63, 3.8) is 0 Å². The van der Waals surface area contributed by atoms with Crippen LogP contribution in [-0.2, 0) is 0 Å². The number of nitrogens with two attached hydrogens (primary N) is 1. The molecule has 1 aromatic carbocycles. The number of thioether (sulfide) groups is 1. The smallest absolute Gasteiger partial charge is 0.166 e. The molecular weight excluding hydrogens is 306 g/mol. The molecule has 0 bridgehead atoms. The minimum Gasteiger partial charge on any atom is -0.382 e. The fourth-order valence-corrected chi connectivity index (χ4v) is 2.74. The van der Waals surface area contributed by atoms with E-state index in [1.807, 2.05) is 30.5 Å². The third-order valence-corrected chi connectivity index (χ3v) is 4.04. The summed E-state index contributed by atoms with van der Waals surface area (Å²) in [4.78, 5) is 4.51. The van der Waals surface area contributed by atoms with Gasteiger partial charge in [-0.3, -0.25) is 0 Å². The summed E-state index contributed by atoms with van der Waals surface area (Å²) in [5.41, 5.74) is 8.78. The van der Waals surface area contributed by atoms with Gasteiger partial charge in [-0.05, 0) is 24.0 Å². The van der Waals surface area contributed by atoms with E-state index in [1.54, 1.807) is 6.20 Å². The normalized spacial score (nSPS) is 10.7. The van der Waals surface area contributed by atoms with Crippen molar-refractivity contribution in [3.8, 4) is 17.2 Å². The topological polar surface area (TPSA) is 80.0 Å². The van der Waals surface area contributed by atoms with Crippen LogP contribution in [0.15, 0.2) is 35.5 Å². The predicted octanol–water partition coefficient (Wildman–Crippen LogP) is 3.23. The quantitative estimate of drug-likeness (QED) is 0.580. The molecule has 0 saturated heterocycles. The molecule has 2 N–H and O–H groups in total. The van der Waals surface area contributed by atoms with Gasteiger partial charge in [0.15, 0.2) is 5.65 Å². The van der Waals surface area contributed by atoms with Gasteiger partial charge in [-0.25, -0.2) is 4.98 Å². The van der Waals surface area contributed by atoms with E-state index >= 15 is 0 Å². The molecule has 0 radical (unpaired) electrons. The Kier molecular flexibility index (Phi) is 3.45. The SMILES string of the molecule is CSc1nc2c(-c3ccc(Cl)cc3)cnn2c(N)c1C#N. The van der Waals surface area contributed by atoms with Crippen molar-refractivity contribution in [1.29, 1.82) is 5.26 Å².